The highest BCUT2D eigenvalue weighted by Gasteiger charge is 2.28. The van der Waals surface area contributed by atoms with Crippen LogP contribution in [0.1, 0.15) is 34.5 Å². The predicted octanol–water partition coefficient (Wildman–Crippen LogP) is 5.30. The number of hydrogen-bond donors (Lipinski definition) is 1. The first kappa shape index (κ1) is 22.2. The Bertz CT molecular complexity index is 1180. The van der Waals surface area contributed by atoms with Gasteiger partial charge in [-0.25, -0.2) is 0 Å². The van der Waals surface area contributed by atoms with Crippen molar-refractivity contribution in [2.75, 3.05) is 26.2 Å². The molecule has 1 aliphatic rings. The summed E-state index contributed by atoms with van der Waals surface area (Å²) in [6.07, 6.45) is 2.76. The van der Waals surface area contributed by atoms with Gasteiger partial charge in [0.1, 0.15) is 17.9 Å². The molecule has 1 saturated heterocycles. The van der Waals surface area contributed by atoms with Crippen molar-refractivity contribution in [2.24, 2.45) is 0 Å². The second kappa shape index (κ2) is 10.6. The molecule has 34 heavy (non-hydrogen) atoms. The Hall–Kier alpha value is -3.57. The molecule has 1 aromatic heterocycles. The molecule has 1 fully saturated rings. The van der Waals surface area contributed by atoms with Crippen LogP contribution < -0.4 is 10.1 Å². The number of nitrogens with one attached hydrogen (secondary N) is 1. The number of fused-ring (bicyclic) bond motifs is 1. The second-order valence-corrected chi connectivity index (χ2v) is 8.78. The van der Waals surface area contributed by atoms with Crippen LogP contribution in [0.3, 0.4) is 0 Å². The third-order valence-corrected chi connectivity index (χ3v) is 6.42. The van der Waals surface area contributed by atoms with Crippen LogP contribution in [0.15, 0.2) is 89.3 Å². The first-order chi connectivity index (χ1) is 16.8. The summed E-state index contributed by atoms with van der Waals surface area (Å²) in [5.41, 5.74) is 3.27. The summed E-state index contributed by atoms with van der Waals surface area (Å²) < 4.78 is 11.9. The van der Waals surface area contributed by atoms with Gasteiger partial charge in [-0.2, -0.15) is 0 Å². The van der Waals surface area contributed by atoms with E-state index in [1.807, 2.05) is 53.4 Å². The van der Waals surface area contributed by atoms with Crippen molar-refractivity contribution < 1.29 is 13.9 Å². The number of rotatable bonds is 8. The Balaban J connectivity index is 1.23. The fraction of sp³-hybridized carbons (Fsp3) is 0.276. The van der Waals surface area contributed by atoms with Crippen LogP contribution in [0.4, 0.5) is 0 Å². The van der Waals surface area contributed by atoms with E-state index in [4.69, 9.17) is 9.15 Å². The lowest BCUT2D eigenvalue weighted by Gasteiger charge is -2.34. The lowest BCUT2D eigenvalue weighted by molar-refractivity contribution is 0.0576. The number of para-hydroxylation sites is 1. The predicted molar refractivity (Wildman–Crippen MR) is 134 cm³/mol. The van der Waals surface area contributed by atoms with Crippen LogP contribution in [0.2, 0.25) is 0 Å². The Labute approximate surface area is 200 Å². The Morgan fingerprint density at radius 2 is 1.62 bits per heavy atom. The topological polar surface area (TPSA) is 54.7 Å². The fourth-order valence-corrected chi connectivity index (χ4v) is 4.59. The van der Waals surface area contributed by atoms with Crippen LogP contribution in [0, 0.1) is 0 Å². The van der Waals surface area contributed by atoms with Crippen molar-refractivity contribution >= 4 is 16.9 Å². The van der Waals surface area contributed by atoms with Gasteiger partial charge in [0.15, 0.2) is 5.76 Å². The molecule has 1 aliphatic heterocycles. The van der Waals surface area contributed by atoms with E-state index in [9.17, 15) is 4.79 Å². The van der Waals surface area contributed by atoms with Gasteiger partial charge >= 0.3 is 0 Å². The molecule has 1 amide bonds. The molecule has 5 nitrogen and oxygen atoms in total. The molecule has 3 aromatic carbocycles. The summed E-state index contributed by atoms with van der Waals surface area (Å²) in [7, 11) is 0. The van der Waals surface area contributed by atoms with Crippen molar-refractivity contribution in [2.45, 2.75) is 25.3 Å². The maximum atomic E-state index is 13.4. The first-order valence-electron chi connectivity index (χ1n) is 12.0. The minimum atomic E-state index is -0.0649. The van der Waals surface area contributed by atoms with Crippen LogP contribution in [0.5, 0.6) is 5.75 Å². The quantitative estimate of drug-likeness (QED) is 0.393. The minimum absolute atomic E-state index is 0.0649. The summed E-state index contributed by atoms with van der Waals surface area (Å²) in [5, 5.41) is 4.33. The zero-order valence-corrected chi connectivity index (χ0v) is 19.3. The molecule has 0 aliphatic carbocycles. The molecular weight excluding hydrogens is 424 g/mol. The van der Waals surface area contributed by atoms with Crippen molar-refractivity contribution in [1.82, 2.24) is 10.2 Å². The number of hydrogen-bond acceptors (Lipinski definition) is 4. The molecule has 2 heterocycles. The standard InChI is InChI=1S/C29H30N2O3/c32-29(28-21-24-8-4-5-9-27(24)34-28)31(25-14-16-30-17-15-25)18-19-33-26-12-10-23(11-13-26)20-22-6-2-1-3-7-22/h1-13,21,25,30H,14-20H2. The number of carbonyl (C=O) groups is 1. The highest BCUT2D eigenvalue weighted by atomic mass is 16.5. The Kier molecular flexibility index (Phi) is 6.91. The van der Waals surface area contributed by atoms with Crippen molar-refractivity contribution in [1.29, 1.82) is 0 Å². The monoisotopic (exact) mass is 454 g/mol. The van der Waals surface area contributed by atoms with E-state index in [0.29, 0.717) is 18.9 Å². The zero-order valence-electron chi connectivity index (χ0n) is 19.3. The zero-order chi connectivity index (χ0) is 23.2. The molecular formula is C29H30N2O3. The molecule has 4 aromatic rings. The molecule has 0 saturated carbocycles. The molecule has 0 spiro atoms. The third-order valence-electron chi connectivity index (χ3n) is 6.42. The van der Waals surface area contributed by atoms with Gasteiger partial charge in [0.2, 0.25) is 0 Å². The average molecular weight is 455 g/mol. The van der Waals surface area contributed by atoms with Gasteiger partial charge in [0, 0.05) is 11.4 Å². The number of piperidine rings is 1. The van der Waals surface area contributed by atoms with E-state index >= 15 is 0 Å². The SMILES string of the molecule is O=C(c1cc2ccccc2o1)N(CCOc1ccc(Cc2ccccc2)cc1)C1CCNCC1. The van der Waals surface area contributed by atoms with E-state index in [1.54, 1.807) is 0 Å². The molecule has 174 valence electrons. The summed E-state index contributed by atoms with van der Waals surface area (Å²) in [6.45, 7) is 2.79. The fourth-order valence-electron chi connectivity index (χ4n) is 4.59. The molecule has 0 unspecified atom stereocenters. The number of carbonyl (C=O) groups excluding carboxylic acids is 1. The normalized spacial score (nSPS) is 14.2. The molecule has 0 atom stereocenters. The lowest BCUT2D eigenvalue weighted by Crippen LogP contribution is -2.47. The van der Waals surface area contributed by atoms with Crippen molar-refractivity contribution in [3.05, 3.63) is 102 Å². The number of furan rings is 1. The number of ether oxygens (including phenoxy) is 1. The average Bonchev–Trinajstić information content (AvgIpc) is 3.33. The van der Waals surface area contributed by atoms with Gasteiger partial charge in [-0.1, -0.05) is 60.7 Å². The maximum Gasteiger partial charge on any atom is 0.289 e. The molecule has 5 heteroatoms. The number of nitrogens with zero attached hydrogens (tertiary/aromatic N) is 1. The van der Waals surface area contributed by atoms with Crippen molar-refractivity contribution in [3.8, 4) is 5.75 Å². The van der Waals surface area contributed by atoms with Crippen LogP contribution in [-0.4, -0.2) is 43.1 Å². The van der Waals surface area contributed by atoms with Gasteiger partial charge in [0.25, 0.3) is 5.91 Å². The van der Waals surface area contributed by atoms with Gasteiger partial charge in [-0.05, 0) is 67.7 Å². The van der Waals surface area contributed by atoms with E-state index in [1.165, 1.54) is 11.1 Å². The highest BCUT2D eigenvalue weighted by Crippen LogP contribution is 2.23. The molecule has 1 N–H and O–H groups in total. The van der Waals surface area contributed by atoms with E-state index < -0.39 is 0 Å². The first-order valence-corrected chi connectivity index (χ1v) is 12.0. The number of benzene rings is 3. The van der Waals surface area contributed by atoms with Crippen LogP contribution in [-0.2, 0) is 6.42 Å². The highest BCUT2D eigenvalue weighted by molar-refractivity contribution is 5.96. The third kappa shape index (κ3) is 5.32. The second-order valence-electron chi connectivity index (χ2n) is 8.78. The van der Waals surface area contributed by atoms with Gasteiger partial charge in [0.05, 0.1) is 6.54 Å². The van der Waals surface area contributed by atoms with Gasteiger partial charge in [-0.15, -0.1) is 0 Å². The van der Waals surface area contributed by atoms with E-state index in [0.717, 1.165) is 49.1 Å². The van der Waals surface area contributed by atoms with Gasteiger partial charge < -0.3 is 19.4 Å². The summed E-state index contributed by atoms with van der Waals surface area (Å²) in [4.78, 5) is 15.4. The lowest BCUT2D eigenvalue weighted by atomic mass is 10.0. The van der Waals surface area contributed by atoms with Crippen LogP contribution >= 0.6 is 0 Å². The smallest absolute Gasteiger partial charge is 0.289 e. The minimum Gasteiger partial charge on any atom is -0.492 e. The summed E-state index contributed by atoms with van der Waals surface area (Å²) in [5.74, 6) is 1.15. The number of amides is 1. The Morgan fingerprint density at radius 3 is 2.38 bits per heavy atom. The van der Waals surface area contributed by atoms with Gasteiger partial charge in [-0.3, -0.25) is 4.79 Å². The molecule has 5 rings (SSSR count). The van der Waals surface area contributed by atoms with Crippen molar-refractivity contribution in [3.63, 3.8) is 0 Å². The summed E-state index contributed by atoms with van der Waals surface area (Å²) in [6, 6.07) is 28.4. The maximum absolute atomic E-state index is 13.4. The Morgan fingerprint density at radius 1 is 0.912 bits per heavy atom. The largest absolute Gasteiger partial charge is 0.492 e. The van der Waals surface area contributed by atoms with E-state index in [2.05, 4.69) is 41.7 Å². The molecule has 0 bridgehead atoms. The molecule has 0 radical (unpaired) electrons. The van der Waals surface area contributed by atoms with E-state index in [-0.39, 0.29) is 11.9 Å². The summed E-state index contributed by atoms with van der Waals surface area (Å²) >= 11 is 0. The van der Waals surface area contributed by atoms with Crippen LogP contribution in [0.25, 0.3) is 11.0 Å².